The Hall–Kier alpha value is -1.46. The van der Waals surface area contributed by atoms with Crippen molar-refractivity contribution in [2.45, 2.75) is 18.9 Å². The molecule has 19 heavy (non-hydrogen) atoms. The van der Waals surface area contributed by atoms with E-state index in [-0.39, 0.29) is 18.3 Å². The van der Waals surface area contributed by atoms with Gasteiger partial charge in [-0.05, 0) is 43.7 Å². The van der Waals surface area contributed by atoms with Crippen LogP contribution in [0.4, 0.5) is 4.39 Å². The summed E-state index contributed by atoms with van der Waals surface area (Å²) >= 11 is 0. The van der Waals surface area contributed by atoms with Crippen molar-refractivity contribution < 1.29 is 14.3 Å². The van der Waals surface area contributed by atoms with E-state index in [1.54, 1.807) is 14.0 Å². The highest BCUT2D eigenvalue weighted by atomic mass is 19.1. The zero-order valence-electron chi connectivity index (χ0n) is 11.2. The number of likely N-dealkylation sites (N-methyl/N-ethyl adjacent to an activating group) is 1. The largest absolute Gasteiger partial charge is 0.387 e. The number of hydrogen-bond donors (Lipinski definition) is 2. The monoisotopic (exact) mass is 266 g/mol. The van der Waals surface area contributed by atoms with Crippen LogP contribution < -0.4 is 5.32 Å². The number of nitrogens with one attached hydrogen (secondary N) is 1. The molecule has 1 fully saturated rings. The zero-order chi connectivity index (χ0) is 14.0. The molecule has 104 valence electrons. The van der Waals surface area contributed by atoms with E-state index in [1.807, 2.05) is 0 Å². The number of halogens is 1. The molecule has 2 rings (SSSR count). The molecule has 1 heterocycles. The fourth-order valence-corrected chi connectivity index (χ4v) is 2.45. The Morgan fingerprint density at radius 3 is 2.89 bits per heavy atom. The summed E-state index contributed by atoms with van der Waals surface area (Å²) in [6.45, 7) is 3.23. The van der Waals surface area contributed by atoms with Crippen molar-refractivity contribution in [1.82, 2.24) is 10.2 Å². The van der Waals surface area contributed by atoms with Gasteiger partial charge in [-0.3, -0.25) is 4.79 Å². The van der Waals surface area contributed by atoms with Gasteiger partial charge in [0.2, 0.25) is 0 Å². The fraction of sp³-hybridized carbons (Fsp3) is 0.500. The van der Waals surface area contributed by atoms with Crippen molar-refractivity contribution in [3.05, 3.63) is 35.1 Å². The summed E-state index contributed by atoms with van der Waals surface area (Å²) in [5.41, 5.74) is 0.213. The summed E-state index contributed by atoms with van der Waals surface area (Å²) in [7, 11) is 1.65. The quantitative estimate of drug-likeness (QED) is 0.856. The lowest BCUT2D eigenvalue weighted by Gasteiger charge is -2.28. The molecule has 1 amide bonds. The number of carbonyl (C=O) groups excluding carboxylic acids is 1. The summed E-state index contributed by atoms with van der Waals surface area (Å²) < 4.78 is 13.0. The normalized spacial score (nSPS) is 22.5. The molecule has 0 saturated carbocycles. The van der Waals surface area contributed by atoms with Crippen LogP contribution in [0.5, 0.6) is 0 Å². The Labute approximate surface area is 112 Å². The van der Waals surface area contributed by atoms with Gasteiger partial charge in [-0.25, -0.2) is 4.39 Å². The molecule has 4 nitrogen and oxygen atoms in total. The fourth-order valence-electron chi connectivity index (χ4n) is 2.45. The van der Waals surface area contributed by atoms with Crippen molar-refractivity contribution in [3.8, 4) is 0 Å². The van der Waals surface area contributed by atoms with E-state index in [0.717, 1.165) is 6.54 Å². The minimum atomic E-state index is -0.863. The highest BCUT2D eigenvalue weighted by Crippen LogP contribution is 2.18. The minimum Gasteiger partial charge on any atom is -0.387 e. The van der Waals surface area contributed by atoms with Gasteiger partial charge in [-0.1, -0.05) is 0 Å². The molecule has 0 bridgehead atoms. The van der Waals surface area contributed by atoms with E-state index in [0.29, 0.717) is 24.1 Å². The average molecular weight is 266 g/mol. The lowest BCUT2D eigenvalue weighted by atomic mass is 10.0. The second-order valence-electron chi connectivity index (χ2n) is 5.27. The summed E-state index contributed by atoms with van der Waals surface area (Å²) in [5.74, 6) is -0.548. The second kappa shape index (κ2) is 5.27. The second-order valence-corrected chi connectivity index (χ2v) is 5.27. The van der Waals surface area contributed by atoms with Crippen LogP contribution in [0.25, 0.3) is 0 Å². The topological polar surface area (TPSA) is 52.6 Å². The molecule has 0 radical (unpaired) electrons. The molecular weight excluding hydrogens is 247 g/mol. The van der Waals surface area contributed by atoms with E-state index in [4.69, 9.17) is 0 Å². The maximum atomic E-state index is 13.0. The van der Waals surface area contributed by atoms with Crippen LogP contribution in [-0.4, -0.2) is 48.2 Å². The Balaban J connectivity index is 2.10. The SMILES string of the molecule is Cc1cc(F)ccc1C(=O)N(C)CC1(O)CCNC1. The first-order valence-electron chi connectivity index (χ1n) is 6.36. The number of β-amino-alcohol motifs (C(OH)–C–C–N with tert-alkyl or cyclic N) is 1. The minimum absolute atomic E-state index is 0.196. The van der Waals surface area contributed by atoms with Gasteiger partial charge in [0.05, 0.1) is 12.1 Å². The van der Waals surface area contributed by atoms with E-state index in [9.17, 15) is 14.3 Å². The van der Waals surface area contributed by atoms with E-state index in [1.165, 1.54) is 23.1 Å². The lowest BCUT2D eigenvalue weighted by Crippen LogP contribution is -2.45. The number of carbonyl (C=O) groups is 1. The van der Waals surface area contributed by atoms with E-state index in [2.05, 4.69) is 5.32 Å². The number of aliphatic hydroxyl groups is 1. The predicted octanol–water partition coefficient (Wildman–Crippen LogP) is 0.931. The van der Waals surface area contributed by atoms with Crippen LogP contribution in [-0.2, 0) is 0 Å². The molecule has 0 aromatic heterocycles. The van der Waals surface area contributed by atoms with Crippen molar-refractivity contribution in [3.63, 3.8) is 0 Å². The maximum Gasteiger partial charge on any atom is 0.253 e. The van der Waals surface area contributed by atoms with Gasteiger partial charge in [0.25, 0.3) is 5.91 Å². The third-order valence-corrected chi connectivity index (χ3v) is 3.52. The van der Waals surface area contributed by atoms with E-state index >= 15 is 0 Å². The van der Waals surface area contributed by atoms with Gasteiger partial charge in [0.15, 0.2) is 0 Å². The number of benzene rings is 1. The molecule has 0 aliphatic carbocycles. The summed E-state index contributed by atoms with van der Waals surface area (Å²) in [4.78, 5) is 13.8. The summed E-state index contributed by atoms with van der Waals surface area (Å²) in [6, 6.07) is 4.10. The summed E-state index contributed by atoms with van der Waals surface area (Å²) in [5, 5.41) is 13.3. The van der Waals surface area contributed by atoms with Crippen LogP contribution in [0, 0.1) is 12.7 Å². The predicted molar refractivity (Wildman–Crippen MR) is 70.5 cm³/mol. The van der Waals surface area contributed by atoms with Crippen LogP contribution in [0.2, 0.25) is 0 Å². The first-order chi connectivity index (χ1) is 8.91. The van der Waals surface area contributed by atoms with Crippen LogP contribution in [0.3, 0.4) is 0 Å². The van der Waals surface area contributed by atoms with Crippen molar-refractivity contribution in [2.75, 3.05) is 26.7 Å². The Kier molecular flexibility index (Phi) is 3.87. The standard InChI is InChI=1S/C14H19FN2O2/c1-10-7-11(15)3-4-12(10)13(18)17(2)9-14(19)5-6-16-8-14/h3-4,7,16,19H,5-6,8-9H2,1-2H3. The maximum absolute atomic E-state index is 13.0. The third kappa shape index (κ3) is 3.11. The lowest BCUT2D eigenvalue weighted by molar-refractivity contribution is 0.0252. The van der Waals surface area contributed by atoms with Gasteiger partial charge < -0.3 is 15.3 Å². The highest BCUT2D eigenvalue weighted by Gasteiger charge is 2.33. The van der Waals surface area contributed by atoms with Crippen molar-refractivity contribution >= 4 is 5.91 Å². The molecule has 1 atom stereocenters. The molecule has 2 N–H and O–H groups in total. The molecule has 0 spiro atoms. The molecule has 1 aliphatic rings. The third-order valence-electron chi connectivity index (χ3n) is 3.52. The average Bonchev–Trinajstić information content (AvgIpc) is 2.75. The highest BCUT2D eigenvalue weighted by molar-refractivity contribution is 5.95. The molecule has 1 saturated heterocycles. The molecule has 1 aliphatic heterocycles. The van der Waals surface area contributed by atoms with Crippen molar-refractivity contribution in [1.29, 1.82) is 0 Å². The molecular formula is C14H19FN2O2. The first-order valence-corrected chi connectivity index (χ1v) is 6.36. The molecule has 1 unspecified atom stereocenters. The van der Waals surface area contributed by atoms with Crippen LogP contribution >= 0.6 is 0 Å². The van der Waals surface area contributed by atoms with Gasteiger partial charge in [0.1, 0.15) is 5.82 Å². The number of aryl methyl sites for hydroxylation is 1. The molecule has 1 aromatic carbocycles. The first kappa shape index (κ1) is 14.0. The van der Waals surface area contributed by atoms with Gasteiger partial charge in [-0.15, -0.1) is 0 Å². The number of amides is 1. The Morgan fingerprint density at radius 1 is 1.58 bits per heavy atom. The number of rotatable bonds is 3. The van der Waals surface area contributed by atoms with E-state index < -0.39 is 5.60 Å². The van der Waals surface area contributed by atoms with Gasteiger partial charge in [-0.2, -0.15) is 0 Å². The van der Waals surface area contributed by atoms with Crippen LogP contribution in [0.1, 0.15) is 22.3 Å². The number of nitrogens with zero attached hydrogens (tertiary/aromatic N) is 1. The molecule has 5 heteroatoms. The smallest absolute Gasteiger partial charge is 0.253 e. The van der Waals surface area contributed by atoms with Gasteiger partial charge in [0, 0.05) is 19.2 Å². The summed E-state index contributed by atoms with van der Waals surface area (Å²) in [6.07, 6.45) is 0.632. The molecule has 1 aromatic rings. The Bertz CT molecular complexity index is 484. The van der Waals surface area contributed by atoms with Crippen LogP contribution in [0.15, 0.2) is 18.2 Å². The number of hydrogen-bond acceptors (Lipinski definition) is 3. The van der Waals surface area contributed by atoms with Crippen molar-refractivity contribution in [2.24, 2.45) is 0 Å². The Morgan fingerprint density at radius 2 is 2.32 bits per heavy atom. The zero-order valence-corrected chi connectivity index (χ0v) is 11.2. The van der Waals surface area contributed by atoms with Gasteiger partial charge >= 0.3 is 0 Å².